The fraction of sp³-hybridized carbons (Fsp3) is 0.143. The van der Waals surface area contributed by atoms with Crippen molar-refractivity contribution in [1.82, 2.24) is 0 Å². The molecule has 0 aromatic heterocycles. The minimum atomic E-state index is -0.133. The Morgan fingerprint density at radius 2 is 1.71 bits per heavy atom. The van der Waals surface area contributed by atoms with Crippen LogP contribution < -0.4 is 0 Å². The first kappa shape index (κ1) is 12.5. The average Bonchev–Trinajstić information content (AvgIpc) is 2.32. The van der Waals surface area contributed by atoms with Gasteiger partial charge < -0.3 is 0 Å². The molecule has 2 aromatic carbocycles. The van der Waals surface area contributed by atoms with Crippen LogP contribution in [0.15, 0.2) is 52.3 Å². The molecule has 0 fully saturated rings. The molecular weight excluding hydrogens is 255 g/mol. The highest BCUT2D eigenvalue weighted by atomic mass is 35.5. The van der Waals surface area contributed by atoms with E-state index in [0.29, 0.717) is 5.02 Å². The normalized spacial score (nSPS) is 10.5. The topological polar surface area (TPSA) is 0 Å². The number of hydrogen-bond donors (Lipinski definition) is 0. The average molecular weight is 267 g/mol. The number of benzene rings is 2. The molecule has 0 aliphatic heterocycles. The van der Waals surface area contributed by atoms with Crippen molar-refractivity contribution < 1.29 is 4.39 Å². The van der Waals surface area contributed by atoms with Gasteiger partial charge >= 0.3 is 0 Å². The van der Waals surface area contributed by atoms with E-state index in [1.54, 1.807) is 6.07 Å². The van der Waals surface area contributed by atoms with E-state index >= 15 is 0 Å². The Morgan fingerprint density at radius 1 is 1.06 bits per heavy atom. The Bertz CT molecular complexity index is 508. The van der Waals surface area contributed by atoms with E-state index in [0.717, 1.165) is 21.8 Å². The quantitative estimate of drug-likeness (QED) is 0.736. The van der Waals surface area contributed by atoms with Crippen molar-refractivity contribution in [2.24, 2.45) is 0 Å². The molecule has 0 spiro atoms. The Morgan fingerprint density at radius 3 is 2.29 bits per heavy atom. The van der Waals surface area contributed by atoms with Crippen LogP contribution in [0.4, 0.5) is 4.39 Å². The van der Waals surface area contributed by atoms with Crippen LogP contribution in [0.5, 0.6) is 0 Å². The summed E-state index contributed by atoms with van der Waals surface area (Å²) in [4.78, 5) is 1.96. The second kappa shape index (κ2) is 5.56. The lowest BCUT2D eigenvalue weighted by Gasteiger charge is -2.04. The molecule has 0 unspecified atom stereocenters. The third kappa shape index (κ3) is 3.24. The maximum atomic E-state index is 13.6. The van der Waals surface area contributed by atoms with Crippen molar-refractivity contribution in [3.8, 4) is 0 Å². The molecule has 0 aliphatic rings. The predicted molar refractivity (Wildman–Crippen MR) is 71.4 cm³/mol. The first-order chi connectivity index (χ1) is 8.19. The summed E-state index contributed by atoms with van der Waals surface area (Å²) in [6.45, 7) is 1.95. The molecule has 3 heteroatoms. The molecule has 2 rings (SSSR count). The number of hydrogen-bond acceptors (Lipinski definition) is 1. The van der Waals surface area contributed by atoms with E-state index in [-0.39, 0.29) is 5.82 Å². The smallest absolute Gasteiger partial charge is 0.127 e. The molecule has 0 saturated heterocycles. The molecule has 0 heterocycles. The van der Waals surface area contributed by atoms with E-state index in [9.17, 15) is 4.39 Å². The van der Waals surface area contributed by atoms with Gasteiger partial charge in [-0.3, -0.25) is 0 Å². The monoisotopic (exact) mass is 266 g/mol. The molecule has 2 aromatic rings. The van der Waals surface area contributed by atoms with E-state index in [4.69, 9.17) is 11.6 Å². The van der Waals surface area contributed by atoms with E-state index < -0.39 is 0 Å². The Labute approximate surface area is 110 Å². The van der Waals surface area contributed by atoms with Crippen LogP contribution >= 0.6 is 23.4 Å². The fourth-order valence-corrected chi connectivity index (χ4v) is 2.49. The number of aryl methyl sites for hydroxylation is 1. The highest BCUT2D eigenvalue weighted by molar-refractivity contribution is 7.99. The molecule has 0 atom stereocenters. The molecule has 0 bridgehead atoms. The summed E-state index contributed by atoms with van der Waals surface area (Å²) in [5, 5.41) is 0.710. The van der Waals surface area contributed by atoms with Crippen molar-refractivity contribution >= 4 is 23.4 Å². The van der Waals surface area contributed by atoms with Gasteiger partial charge in [0.1, 0.15) is 5.82 Å². The zero-order chi connectivity index (χ0) is 12.3. The van der Waals surface area contributed by atoms with Gasteiger partial charge in [-0.05, 0) is 48.4 Å². The minimum absolute atomic E-state index is 0.133. The van der Waals surface area contributed by atoms with Gasteiger partial charge in [0, 0.05) is 14.8 Å². The van der Waals surface area contributed by atoms with Gasteiger partial charge in [0.15, 0.2) is 0 Å². The van der Waals surface area contributed by atoms with Crippen molar-refractivity contribution in [2.45, 2.75) is 23.1 Å². The highest BCUT2D eigenvalue weighted by Crippen LogP contribution is 2.29. The molecule has 0 aliphatic carbocycles. The molecule has 0 saturated carbocycles. The summed E-state index contributed by atoms with van der Waals surface area (Å²) in [5.74, 6) is -0.133. The van der Waals surface area contributed by atoms with Crippen LogP contribution in [-0.4, -0.2) is 0 Å². The molecule has 17 heavy (non-hydrogen) atoms. The van der Waals surface area contributed by atoms with Gasteiger partial charge in [-0.1, -0.05) is 36.4 Å². The highest BCUT2D eigenvalue weighted by Gasteiger charge is 2.03. The lowest BCUT2D eigenvalue weighted by atomic mass is 10.2. The zero-order valence-corrected chi connectivity index (χ0v) is 11.0. The molecule has 0 amide bonds. The van der Waals surface area contributed by atoms with Crippen LogP contribution in [-0.2, 0) is 6.42 Å². The van der Waals surface area contributed by atoms with Crippen LogP contribution in [0, 0.1) is 5.82 Å². The minimum Gasteiger partial charge on any atom is -0.207 e. The van der Waals surface area contributed by atoms with Crippen molar-refractivity contribution in [2.75, 3.05) is 0 Å². The van der Waals surface area contributed by atoms with Gasteiger partial charge in [0.05, 0.1) is 0 Å². The van der Waals surface area contributed by atoms with Crippen LogP contribution in [0.1, 0.15) is 12.5 Å². The lowest BCUT2D eigenvalue weighted by molar-refractivity contribution is 0.608. The summed E-state index contributed by atoms with van der Waals surface area (Å²) in [5.41, 5.74) is 0.755. The Kier molecular flexibility index (Phi) is 4.08. The summed E-state index contributed by atoms with van der Waals surface area (Å²) in [7, 11) is 0. The number of rotatable bonds is 3. The first-order valence-corrected chi connectivity index (χ1v) is 6.60. The van der Waals surface area contributed by atoms with Gasteiger partial charge in [-0.2, -0.15) is 0 Å². The number of halogens is 2. The van der Waals surface area contributed by atoms with Crippen molar-refractivity contribution in [3.05, 3.63) is 58.9 Å². The summed E-state index contributed by atoms with van der Waals surface area (Å²) < 4.78 is 13.6. The van der Waals surface area contributed by atoms with E-state index in [2.05, 4.69) is 0 Å². The zero-order valence-electron chi connectivity index (χ0n) is 9.41. The largest absolute Gasteiger partial charge is 0.207 e. The second-order valence-corrected chi connectivity index (χ2v) is 5.25. The molecule has 0 nitrogen and oxygen atoms in total. The van der Waals surface area contributed by atoms with Crippen molar-refractivity contribution in [3.63, 3.8) is 0 Å². The standard InChI is InChI=1S/C14H12ClFS/c1-2-10-3-6-13(9-14(10)16)17-12-7-4-11(15)5-8-12/h3-9H,2H2,1H3. The van der Waals surface area contributed by atoms with Gasteiger partial charge in [-0.25, -0.2) is 4.39 Å². The van der Waals surface area contributed by atoms with E-state index in [1.165, 1.54) is 11.8 Å². The Balaban J connectivity index is 2.19. The van der Waals surface area contributed by atoms with Crippen molar-refractivity contribution in [1.29, 1.82) is 0 Å². The Hall–Kier alpha value is -0.990. The van der Waals surface area contributed by atoms with Crippen LogP contribution in [0.25, 0.3) is 0 Å². The van der Waals surface area contributed by atoms with Gasteiger partial charge in [0.2, 0.25) is 0 Å². The fourth-order valence-electron chi connectivity index (χ4n) is 1.52. The summed E-state index contributed by atoms with van der Waals surface area (Å²) in [6.07, 6.45) is 0.720. The molecule has 88 valence electrons. The van der Waals surface area contributed by atoms with Crippen LogP contribution in [0.2, 0.25) is 5.02 Å². The van der Waals surface area contributed by atoms with E-state index in [1.807, 2.05) is 43.3 Å². The van der Waals surface area contributed by atoms with Crippen LogP contribution in [0.3, 0.4) is 0 Å². The third-order valence-corrected chi connectivity index (χ3v) is 3.70. The third-order valence-electron chi connectivity index (χ3n) is 2.45. The molecule has 0 radical (unpaired) electrons. The predicted octanol–water partition coefficient (Wildman–Crippen LogP) is 5.19. The molecular formula is C14H12ClFS. The van der Waals surface area contributed by atoms with Gasteiger partial charge in [0.25, 0.3) is 0 Å². The second-order valence-electron chi connectivity index (χ2n) is 3.66. The summed E-state index contributed by atoms with van der Waals surface area (Å²) in [6, 6.07) is 12.9. The lowest BCUT2D eigenvalue weighted by Crippen LogP contribution is -1.87. The molecule has 0 N–H and O–H groups in total. The maximum Gasteiger partial charge on any atom is 0.127 e. The maximum absolute atomic E-state index is 13.6. The first-order valence-electron chi connectivity index (χ1n) is 5.41. The van der Waals surface area contributed by atoms with Gasteiger partial charge in [-0.15, -0.1) is 0 Å². The SMILES string of the molecule is CCc1ccc(Sc2ccc(Cl)cc2)cc1F. The summed E-state index contributed by atoms with van der Waals surface area (Å²) >= 11 is 7.34.